The lowest BCUT2D eigenvalue weighted by Gasteiger charge is -2.17. The fraction of sp³-hybridized carbons (Fsp3) is 0.211. The summed E-state index contributed by atoms with van der Waals surface area (Å²) < 4.78 is 7.61. The molecule has 1 N–H and O–H groups in total. The number of rotatable bonds is 6. The average molecular weight is 336 g/mol. The third kappa shape index (κ3) is 4.23. The van der Waals surface area contributed by atoms with Crippen LogP contribution < -0.4 is 10.1 Å². The van der Waals surface area contributed by atoms with E-state index in [4.69, 9.17) is 4.74 Å². The maximum Gasteiger partial charge on any atom is 0.265 e. The molecule has 0 fully saturated rings. The van der Waals surface area contributed by atoms with Crippen molar-refractivity contribution < 1.29 is 9.53 Å². The van der Waals surface area contributed by atoms with E-state index in [1.165, 1.54) is 0 Å². The molecule has 1 amide bonds. The number of aromatic nitrogens is 3. The van der Waals surface area contributed by atoms with Gasteiger partial charge in [0.2, 0.25) is 0 Å². The van der Waals surface area contributed by atoms with Crippen LogP contribution >= 0.6 is 0 Å². The Hall–Kier alpha value is -3.15. The first-order chi connectivity index (χ1) is 12.2. The van der Waals surface area contributed by atoms with Crippen molar-refractivity contribution in [2.24, 2.45) is 0 Å². The Morgan fingerprint density at radius 3 is 2.84 bits per heavy atom. The van der Waals surface area contributed by atoms with Crippen LogP contribution in [0.4, 0.5) is 5.69 Å². The lowest BCUT2D eigenvalue weighted by molar-refractivity contribution is -0.122. The van der Waals surface area contributed by atoms with Crippen LogP contribution in [-0.2, 0) is 4.79 Å². The van der Waals surface area contributed by atoms with Crippen LogP contribution in [0.5, 0.6) is 5.75 Å². The Labute approximate surface area is 146 Å². The van der Waals surface area contributed by atoms with E-state index in [1.807, 2.05) is 50.4 Å². The molecule has 1 atom stereocenters. The summed E-state index contributed by atoms with van der Waals surface area (Å²) in [6, 6.07) is 11.3. The maximum atomic E-state index is 12.5. The van der Waals surface area contributed by atoms with Crippen molar-refractivity contribution in [3.8, 4) is 11.6 Å². The van der Waals surface area contributed by atoms with Gasteiger partial charge in [-0.1, -0.05) is 19.1 Å². The molecule has 2 heterocycles. The van der Waals surface area contributed by atoms with E-state index >= 15 is 0 Å². The molecule has 6 nitrogen and oxygen atoms in total. The number of ether oxygens (including phenoxy) is 1. The van der Waals surface area contributed by atoms with Crippen LogP contribution in [-0.4, -0.2) is 26.5 Å². The zero-order valence-electron chi connectivity index (χ0n) is 14.2. The monoisotopic (exact) mass is 336 g/mol. The molecule has 0 radical (unpaired) electrons. The van der Waals surface area contributed by atoms with E-state index in [1.54, 1.807) is 29.4 Å². The van der Waals surface area contributed by atoms with Gasteiger partial charge in [0.05, 0.1) is 11.9 Å². The molecule has 2 aromatic heterocycles. The van der Waals surface area contributed by atoms with Crippen LogP contribution in [0.1, 0.15) is 18.9 Å². The Bertz CT molecular complexity index is 829. The molecule has 1 aromatic carbocycles. The molecule has 0 aliphatic rings. The zero-order chi connectivity index (χ0) is 17.6. The van der Waals surface area contributed by atoms with Crippen molar-refractivity contribution in [1.82, 2.24) is 14.5 Å². The number of nitrogens with zero attached hydrogens (tertiary/aromatic N) is 3. The highest BCUT2D eigenvalue weighted by Crippen LogP contribution is 2.17. The van der Waals surface area contributed by atoms with Crippen molar-refractivity contribution in [3.63, 3.8) is 0 Å². The Kier molecular flexibility index (Phi) is 5.09. The summed E-state index contributed by atoms with van der Waals surface area (Å²) in [5.41, 5.74) is 1.72. The maximum absolute atomic E-state index is 12.5. The quantitative estimate of drug-likeness (QED) is 0.749. The van der Waals surface area contributed by atoms with Gasteiger partial charge in [-0.25, -0.2) is 9.97 Å². The normalized spacial score (nSPS) is 11.8. The summed E-state index contributed by atoms with van der Waals surface area (Å²) in [5, 5.41) is 2.85. The molecular weight excluding hydrogens is 316 g/mol. The number of hydrogen-bond acceptors (Lipinski definition) is 4. The number of hydrogen-bond donors (Lipinski definition) is 1. The molecular formula is C19H20N4O2. The van der Waals surface area contributed by atoms with Crippen LogP contribution in [0.3, 0.4) is 0 Å². The third-order valence-electron chi connectivity index (χ3n) is 3.72. The third-order valence-corrected chi connectivity index (χ3v) is 3.72. The number of anilines is 1. The van der Waals surface area contributed by atoms with Crippen molar-refractivity contribution >= 4 is 11.6 Å². The summed E-state index contributed by atoms with van der Waals surface area (Å²) in [5.74, 6) is 1.23. The van der Waals surface area contributed by atoms with E-state index in [0.717, 1.165) is 11.4 Å². The summed E-state index contributed by atoms with van der Waals surface area (Å²) in [4.78, 5) is 20.8. The largest absolute Gasteiger partial charge is 0.481 e. The number of pyridine rings is 1. The SMILES string of the molecule is CC[C@H](Oc1cccc(C)c1)C(=O)Nc1ccc(-n2ccnc2)nc1. The van der Waals surface area contributed by atoms with Gasteiger partial charge in [0, 0.05) is 12.4 Å². The van der Waals surface area contributed by atoms with Gasteiger partial charge in [0.15, 0.2) is 6.10 Å². The van der Waals surface area contributed by atoms with E-state index in [-0.39, 0.29) is 5.91 Å². The first-order valence-corrected chi connectivity index (χ1v) is 8.14. The molecule has 6 heteroatoms. The molecule has 3 rings (SSSR count). The van der Waals surface area contributed by atoms with Crippen LogP contribution in [0.15, 0.2) is 61.3 Å². The smallest absolute Gasteiger partial charge is 0.265 e. The average Bonchev–Trinajstić information content (AvgIpc) is 3.15. The first kappa shape index (κ1) is 16.7. The van der Waals surface area contributed by atoms with Gasteiger partial charge in [-0.15, -0.1) is 0 Å². The number of benzene rings is 1. The van der Waals surface area contributed by atoms with Crippen molar-refractivity contribution in [1.29, 1.82) is 0 Å². The molecule has 0 bridgehead atoms. The minimum absolute atomic E-state index is 0.193. The fourth-order valence-corrected chi connectivity index (χ4v) is 2.41. The second-order valence-electron chi connectivity index (χ2n) is 5.70. The Morgan fingerprint density at radius 1 is 1.32 bits per heavy atom. The minimum atomic E-state index is -0.560. The van der Waals surface area contributed by atoms with E-state index in [9.17, 15) is 4.79 Å². The second-order valence-corrected chi connectivity index (χ2v) is 5.70. The fourth-order valence-electron chi connectivity index (χ4n) is 2.41. The molecule has 0 saturated heterocycles. The first-order valence-electron chi connectivity index (χ1n) is 8.14. The van der Waals surface area contributed by atoms with Gasteiger partial charge in [0.1, 0.15) is 17.9 Å². The summed E-state index contributed by atoms with van der Waals surface area (Å²) in [7, 11) is 0. The van der Waals surface area contributed by atoms with Gasteiger partial charge in [0.25, 0.3) is 5.91 Å². The van der Waals surface area contributed by atoms with E-state index in [2.05, 4.69) is 15.3 Å². The van der Waals surface area contributed by atoms with Gasteiger partial charge >= 0.3 is 0 Å². The highest BCUT2D eigenvalue weighted by molar-refractivity contribution is 5.94. The predicted molar refractivity (Wildman–Crippen MR) is 95.9 cm³/mol. The van der Waals surface area contributed by atoms with Gasteiger partial charge in [-0.2, -0.15) is 0 Å². The second kappa shape index (κ2) is 7.61. The highest BCUT2D eigenvalue weighted by atomic mass is 16.5. The lowest BCUT2D eigenvalue weighted by atomic mass is 10.2. The zero-order valence-corrected chi connectivity index (χ0v) is 14.2. The molecule has 0 spiro atoms. The molecule has 25 heavy (non-hydrogen) atoms. The number of carbonyl (C=O) groups is 1. The Morgan fingerprint density at radius 2 is 2.20 bits per heavy atom. The molecule has 128 valence electrons. The van der Waals surface area contributed by atoms with Crippen LogP contribution in [0.25, 0.3) is 5.82 Å². The number of aryl methyl sites for hydroxylation is 1. The number of carbonyl (C=O) groups excluding carboxylic acids is 1. The summed E-state index contributed by atoms with van der Waals surface area (Å²) in [6.45, 7) is 3.90. The standard InChI is InChI=1S/C19H20N4O2/c1-3-17(25-16-6-4-5-14(2)11-16)19(24)22-15-7-8-18(21-12-15)23-10-9-20-13-23/h4-13,17H,3H2,1-2H3,(H,22,24)/t17-/m0/s1. The van der Waals surface area contributed by atoms with E-state index in [0.29, 0.717) is 17.9 Å². The van der Waals surface area contributed by atoms with E-state index < -0.39 is 6.10 Å². The summed E-state index contributed by atoms with van der Waals surface area (Å²) in [6.07, 6.45) is 6.79. The topological polar surface area (TPSA) is 69.0 Å². The highest BCUT2D eigenvalue weighted by Gasteiger charge is 2.18. The number of imidazole rings is 1. The van der Waals surface area contributed by atoms with Gasteiger partial charge in [-0.05, 0) is 43.2 Å². The molecule has 3 aromatic rings. The summed E-state index contributed by atoms with van der Waals surface area (Å²) >= 11 is 0. The van der Waals surface area contributed by atoms with Gasteiger partial charge < -0.3 is 10.1 Å². The Balaban J connectivity index is 1.65. The van der Waals surface area contributed by atoms with Crippen LogP contribution in [0.2, 0.25) is 0 Å². The minimum Gasteiger partial charge on any atom is -0.481 e. The molecule has 0 aliphatic heterocycles. The molecule has 0 aliphatic carbocycles. The number of amides is 1. The predicted octanol–water partition coefficient (Wildman–Crippen LogP) is 3.37. The van der Waals surface area contributed by atoms with Crippen molar-refractivity contribution in [2.45, 2.75) is 26.4 Å². The molecule has 0 unspecified atom stereocenters. The number of nitrogens with one attached hydrogen (secondary N) is 1. The van der Waals surface area contributed by atoms with Crippen LogP contribution in [0, 0.1) is 6.92 Å². The van der Waals surface area contributed by atoms with Gasteiger partial charge in [-0.3, -0.25) is 9.36 Å². The van der Waals surface area contributed by atoms with Crippen molar-refractivity contribution in [2.75, 3.05) is 5.32 Å². The lowest BCUT2D eigenvalue weighted by Crippen LogP contribution is -2.32. The van der Waals surface area contributed by atoms with Crippen molar-refractivity contribution in [3.05, 3.63) is 66.9 Å². The molecule has 0 saturated carbocycles.